The fraction of sp³-hybridized carbons (Fsp3) is 0.917. The first-order chi connectivity index (χ1) is 7.69. The van der Waals surface area contributed by atoms with Crippen molar-refractivity contribution in [3.8, 4) is 0 Å². The van der Waals surface area contributed by atoms with Crippen LogP contribution in [0.5, 0.6) is 0 Å². The predicted molar refractivity (Wildman–Crippen MR) is 62.3 cm³/mol. The maximum atomic E-state index is 10.8. The van der Waals surface area contributed by atoms with Gasteiger partial charge in [0.05, 0.1) is 5.92 Å². The van der Waals surface area contributed by atoms with Crippen molar-refractivity contribution in [3.63, 3.8) is 0 Å². The molecule has 1 aliphatic rings. The van der Waals surface area contributed by atoms with Gasteiger partial charge in [-0.2, -0.15) is 0 Å². The molecule has 0 bridgehead atoms. The number of carbonyl (C=O) groups is 1. The van der Waals surface area contributed by atoms with Crippen LogP contribution in [0.3, 0.4) is 0 Å². The fourth-order valence-electron chi connectivity index (χ4n) is 2.30. The largest absolute Gasteiger partial charge is 0.481 e. The van der Waals surface area contributed by atoms with Crippen LogP contribution in [0.25, 0.3) is 0 Å². The highest BCUT2D eigenvalue weighted by Crippen LogP contribution is 2.27. The van der Waals surface area contributed by atoms with Crippen molar-refractivity contribution in [3.05, 3.63) is 0 Å². The molecule has 0 aromatic heterocycles. The van der Waals surface area contributed by atoms with Gasteiger partial charge in [-0.1, -0.05) is 13.3 Å². The summed E-state index contributed by atoms with van der Waals surface area (Å²) in [5, 5.41) is 21.1. The van der Waals surface area contributed by atoms with Gasteiger partial charge in [0.15, 0.2) is 0 Å². The van der Waals surface area contributed by atoms with Gasteiger partial charge in [0, 0.05) is 12.6 Å². The average molecular weight is 229 g/mol. The fourth-order valence-corrected chi connectivity index (χ4v) is 2.30. The van der Waals surface area contributed by atoms with Crippen LogP contribution in [0, 0.1) is 11.8 Å². The van der Waals surface area contributed by atoms with Crippen molar-refractivity contribution in [2.75, 3.05) is 13.2 Å². The van der Waals surface area contributed by atoms with E-state index in [1.165, 1.54) is 0 Å². The number of rotatable bonds is 8. The lowest BCUT2D eigenvalue weighted by molar-refractivity contribution is -0.146. The Bertz CT molecular complexity index is 214. The molecule has 1 fully saturated rings. The minimum atomic E-state index is -0.682. The summed E-state index contributed by atoms with van der Waals surface area (Å²) in [6.07, 6.45) is 4.78. The van der Waals surface area contributed by atoms with Crippen LogP contribution >= 0.6 is 0 Å². The van der Waals surface area contributed by atoms with E-state index < -0.39 is 5.97 Å². The monoisotopic (exact) mass is 229 g/mol. The summed E-state index contributed by atoms with van der Waals surface area (Å²) in [7, 11) is 0. The molecule has 16 heavy (non-hydrogen) atoms. The number of carboxylic acids is 1. The number of aliphatic carboxylic acids is 1. The van der Waals surface area contributed by atoms with Gasteiger partial charge >= 0.3 is 5.97 Å². The molecule has 4 heteroatoms. The molecule has 0 amide bonds. The molecule has 0 radical (unpaired) electrons. The van der Waals surface area contributed by atoms with E-state index in [0.29, 0.717) is 5.92 Å². The first-order valence-electron chi connectivity index (χ1n) is 6.26. The Kier molecular flexibility index (Phi) is 5.77. The van der Waals surface area contributed by atoms with Crippen molar-refractivity contribution in [2.24, 2.45) is 11.8 Å². The van der Waals surface area contributed by atoms with Crippen LogP contribution in [-0.4, -0.2) is 35.4 Å². The molecule has 0 aromatic carbocycles. The summed E-state index contributed by atoms with van der Waals surface area (Å²) in [5.41, 5.74) is 0. The SMILES string of the molecule is CCCC(CCO)CNC1CCC1C(=O)O. The third-order valence-corrected chi connectivity index (χ3v) is 3.49. The van der Waals surface area contributed by atoms with Gasteiger partial charge in [-0.3, -0.25) is 4.79 Å². The van der Waals surface area contributed by atoms with Gasteiger partial charge in [-0.15, -0.1) is 0 Å². The van der Waals surface area contributed by atoms with Crippen LogP contribution in [0.1, 0.15) is 39.0 Å². The zero-order valence-corrected chi connectivity index (χ0v) is 9.98. The first kappa shape index (κ1) is 13.5. The molecule has 1 saturated carbocycles. The third kappa shape index (κ3) is 3.76. The summed E-state index contributed by atoms with van der Waals surface area (Å²) in [4.78, 5) is 10.8. The Morgan fingerprint density at radius 1 is 1.44 bits per heavy atom. The lowest BCUT2D eigenvalue weighted by Crippen LogP contribution is -2.49. The minimum absolute atomic E-state index is 0.149. The van der Waals surface area contributed by atoms with Crippen molar-refractivity contribution in [1.29, 1.82) is 0 Å². The lowest BCUT2D eigenvalue weighted by Gasteiger charge is -2.35. The molecule has 4 nitrogen and oxygen atoms in total. The van der Waals surface area contributed by atoms with Crippen LogP contribution in [0.4, 0.5) is 0 Å². The number of hydrogen-bond acceptors (Lipinski definition) is 3. The van der Waals surface area contributed by atoms with Crippen molar-refractivity contribution in [2.45, 2.75) is 45.1 Å². The summed E-state index contributed by atoms with van der Waals surface area (Å²) in [5.74, 6) is -0.403. The van der Waals surface area contributed by atoms with Gasteiger partial charge < -0.3 is 15.5 Å². The molecule has 0 saturated heterocycles. The van der Waals surface area contributed by atoms with Gasteiger partial charge in [0.1, 0.15) is 0 Å². The number of hydrogen-bond donors (Lipinski definition) is 3. The van der Waals surface area contributed by atoms with E-state index in [-0.39, 0.29) is 18.6 Å². The summed E-state index contributed by atoms with van der Waals surface area (Å²) < 4.78 is 0. The highest BCUT2D eigenvalue weighted by Gasteiger charge is 2.36. The molecule has 3 unspecified atom stereocenters. The Balaban J connectivity index is 2.23. The molecule has 1 aliphatic carbocycles. The molecule has 3 N–H and O–H groups in total. The van der Waals surface area contributed by atoms with Crippen molar-refractivity contribution in [1.82, 2.24) is 5.32 Å². The van der Waals surface area contributed by atoms with E-state index in [1.54, 1.807) is 0 Å². The number of aliphatic hydroxyl groups is 1. The quantitative estimate of drug-likeness (QED) is 0.585. The second-order valence-corrected chi connectivity index (χ2v) is 4.70. The second kappa shape index (κ2) is 6.86. The molecule has 0 spiro atoms. The van der Waals surface area contributed by atoms with Gasteiger partial charge in [-0.25, -0.2) is 0 Å². The van der Waals surface area contributed by atoms with E-state index in [2.05, 4.69) is 12.2 Å². The Morgan fingerprint density at radius 3 is 2.62 bits per heavy atom. The second-order valence-electron chi connectivity index (χ2n) is 4.70. The maximum absolute atomic E-state index is 10.8. The van der Waals surface area contributed by atoms with E-state index >= 15 is 0 Å². The molecule has 0 aromatic rings. The summed E-state index contributed by atoms with van der Waals surface area (Å²) >= 11 is 0. The van der Waals surface area contributed by atoms with E-state index in [1.807, 2.05) is 0 Å². The molecular formula is C12H23NO3. The maximum Gasteiger partial charge on any atom is 0.308 e. The topological polar surface area (TPSA) is 69.6 Å². The minimum Gasteiger partial charge on any atom is -0.481 e. The number of aliphatic hydroxyl groups excluding tert-OH is 1. The third-order valence-electron chi connectivity index (χ3n) is 3.49. The normalized spacial score (nSPS) is 26.1. The lowest BCUT2D eigenvalue weighted by atomic mass is 9.79. The Morgan fingerprint density at radius 2 is 2.19 bits per heavy atom. The van der Waals surface area contributed by atoms with Crippen LogP contribution in [-0.2, 0) is 4.79 Å². The van der Waals surface area contributed by atoms with Crippen molar-refractivity contribution >= 4 is 5.97 Å². The highest BCUT2D eigenvalue weighted by molar-refractivity contribution is 5.72. The molecule has 0 aliphatic heterocycles. The molecule has 0 heterocycles. The van der Waals surface area contributed by atoms with E-state index in [0.717, 1.165) is 38.6 Å². The van der Waals surface area contributed by atoms with Crippen molar-refractivity contribution < 1.29 is 15.0 Å². The van der Waals surface area contributed by atoms with E-state index in [4.69, 9.17) is 10.2 Å². The Hall–Kier alpha value is -0.610. The van der Waals surface area contributed by atoms with Gasteiger partial charge in [0.25, 0.3) is 0 Å². The van der Waals surface area contributed by atoms with Crippen LogP contribution in [0.15, 0.2) is 0 Å². The van der Waals surface area contributed by atoms with Gasteiger partial charge in [-0.05, 0) is 38.1 Å². The molecule has 1 rings (SSSR count). The van der Waals surface area contributed by atoms with Crippen LogP contribution in [0.2, 0.25) is 0 Å². The van der Waals surface area contributed by atoms with Crippen LogP contribution < -0.4 is 5.32 Å². The molecule has 94 valence electrons. The zero-order valence-electron chi connectivity index (χ0n) is 9.98. The summed E-state index contributed by atoms with van der Waals surface area (Å²) in [6, 6.07) is 0.149. The summed E-state index contributed by atoms with van der Waals surface area (Å²) in [6.45, 7) is 3.19. The smallest absolute Gasteiger partial charge is 0.308 e. The standard InChI is InChI=1S/C12H23NO3/c1-2-3-9(6-7-14)8-13-11-5-4-10(11)12(15)16/h9-11,13-14H,2-8H2,1H3,(H,15,16). The Labute approximate surface area is 97.0 Å². The highest BCUT2D eigenvalue weighted by atomic mass is 16.4. The molecule has 3 atom stereocenters. The predicted octanol–water partition coefficient (Wildman–Crippen LogP) is 1.24. The molecular weight excluding hydrogens is 206 g/mol. The number of nitrogens with one attached hydrogen (secondary N) is 1. The zero-order chi connectivity index (χ0) is 12.0. The first-order valence-corrected chi connectivity index (χ1v) is 6.26. The van der Waals surface area contributed by atoms with E-state index in [9.17, 15) is 4.79 Å². The average Bonchev–Trinajstić information content (AvgIpc) is 2.15. The van der Waals surface area contributed by atoms with Gasteiger partial charge in [0.2, 0.25) is 0 Å². The number of carboxylic acid groups (broad SMARTS) is 1.